The Hall–Kier alpha value is -4.42. The van der Waals surface area contributed by atoms with Crippen LogP contribution in [-0.4, -0.2) is 40.2 Å². The van der Waals surface area contributed by atoms with E-state index in [4.69, 9.17) is 11.5 Å². The molecule has 1 atom stereocenters. The number of para-hydroxylation sites is 1. The van der Waals surface area contributed by atoms with Crippen LogP contribution < -0.4 is 27.6 Å². The maximum absolute atomic E-state index is 14.9. The molecule has 1 saturated heterocycles. The van der Waals surface area contributed by atoms with Crippen molar-refractivity contribution in [2.24, 2.45) is 5.73 Å². The Labute approximate surface area is 251 Å². The molecule has 2 heterocycles. The van der Waals surface area contributed by atoms with Crippen LogP contribution in [0.3, 0.4) is 0 Å². The van der Waals surface area contributed by atoms with Crippen molar-refractivity contribution in [1.82, 2.24) is 14.0 Å². The standard InChI is InChI=1S/C32H34F4N6O2/c1-21-29(40-16-14-39(15-17-40)18-23-10-5-6-13-27(23)37)30(43)42(20-28(38)22-8-3-2-4-9-22)31(44)41(21)19-24-25(32(34,35)36)11-7-12-26(24)33/h2-13,28H,14-20,37-38H2,1H3. The molecular weight excluding hydrogens is 576 g/mol. The van der Waals surface area contributed by atoms with Gasteiger partial charge < -0.3 is 16.4 Å². The lowest BCUT2D eigenvalue weighted by Crippen LogP contribution is -2.51. The van der Waals surface area contributed by atoms with Gasteiger partial charge in [0.2, 0.25) is 0 Å². The molecular formula is C32H34F4N6O2. The van der Waals surface area contributed by atoms with Crippen molar-refractivity contribution < 1.29 is 17.6 Å². The minimum absolute atomic E-state index is 0.154. The van der Waals surface area contributed by atoms with Gasteiger partial charge in [-0.1, -0.05) is 54.6 Å². The summed E-state index contributed by atoms with van der Waals surface area (Å²) in [5.74, 6) is -1.10. The van der Waals surface area contributed by atoms with Gasteiger partial charge >= 0.3 is 11.9 Å². The van der Waals surface area contributed by atoms with Gasteiger partial charge in [0.1, 0.15) is 11.5 Å². The molecule has 1 aromatic heterocycles. The summed E-state index contributed by atoms with van der Waals surface area (Å²) in [4.78, 5) is 31.8. The summed E-state index contributed by atoms with van der Waals surface area (Å²) in [6.45, 7) is 3.16. The van der Waals surface area contributed by atoms with Gasteiger partial charge in [-0.2, -0.15) is 13.2 Å². The highest BCUT2D eigenvalue weighted by molar-refractivity contribution is 5.50. The van der Waals surface area contributed by atoms with Gasteiger partial charge in [0, 0.05) is 55.7 Å². The highest BCUT2D eigenvalue weighted by Gasteiger charge is 2.35. The minimum atomic E-state index is -4.85. The molecule has 0 amide bonds. The van der Waals surface area contributed by atoms with Gasteiger partial charge in [-0.05, 0) is 36.2 Å². The first-order valence-electron chi connectivity index (χ1n) is 14.3. The van der Waals surface area contributed by atoms with Crippen molar-refractivity contribution in [3.8, 4) is 0 Å². The van der Waals surface area contributed by atoms with E-state index in [0.29, 0.717) is 44.0 Å². The third-order valence-electron chi connectivity index (χ3n) is 8.14. The highest BCUT2D eigenvalue weighted by atomic mass is 19.4. The summed E-state index contributed by atoms with van der Waals surface area (Å²) in [5.41, 5.74) is 11.9. The number of nitrogen functional groups attached to an aromatic ring is 1. The molecule has 0 saturated carbocycles. The first-order valence-corrected chi connectivity index (χ1v) is 14.3. The molecule has 0 radical (unpaired) electrons. The first-order chi connectivity index (χ1) is 21.0. The molecule has 1 aliphatic heterocycles. The van der Waals surface area contributed by atoms with Crippen LogP contribution in [0.2, 0.25) is 0 Å². The van der Waals surface area contributed by atoms with Crippen LogP contribution in [0.4, 0.5) is 28.9 Å². The van der Waals surface area contributed by atoms with E-state index in [1.54, 1.807) is 30.3 Å². The third kappa shape index (κ3) is 6.41. The van der Waals surface area contributed by atoms with Crippen LogP contribution in [0.25, 0.3) is 0 Å². The van der Waals surface area contributed by atoms with E-state index in [1.807, 2.05) is 29.2 Å². The molecule has 0 spiro atoms. The molecule has 1 fully saturated rings. The number of nitrogens with zero attached hydrogens (tertiary/aromatic N) is 4. The number of hydrogen-bond acceptors (Lipinski definition) is 6. The summed E-state index contributed by atoms with van der Waals surface area (Å²) < 4.78 is 58.5. The SMILES string of the molecule is Cc1c(N2CCN(Cc3ccccc3N)CC2)c(=O)n(CC(N)c2ccccc2)c(=O)n1Cc1c(F)cccc1C(F)(F)F. The predicted octanol–water partition coefficient (Wildman–Crippen LogP) is 4.13. The quantitative estimate of drug-likeness (QED) is 0.230. The van der Waals surface area contributed by atoms with E-state index >= 15 is 0 Å². The van der Waals surface area contributed by atoms with Crippen molar-refractivity contribution in [3.05, 3.63) is 127 Å². The van der Waals surface area contributed by atoms with Gasteiger partial charge in [-0.3, -0.25) is 18.8 Å². The number of alkyl halides is 3. The van der Waals surface area contributed by atoms with Crippen LogP contribution in [0.1, 0.15) is 34.0 Å². The third-order valence-corrected chi connectivity index (χ3v) is 8.14. The second-order valence-electron chi connectivity index (χ2n) is 11.0. The number of benzene rings is 3. The van der Waals surface area contributed by atoms with Crippen molar-refractivity contribution >= 4 is 11.4 Å². The minimum Gasteiger partial charge on any atom is -0.398 e. The van der Waals surface area contributed by atoms with E-state index in [-0.39, 0.29) is 17.9 Å². The van der Waals surface area contributed by atoms with E-state index < -0.39 is 47.0 Å². The Morgan fingerprint density at radius 1 is 0.841 bits per heavy atom. The summed E-state index contributed by atoms with van der Waals surface area (Å²) in [6.07, 6.45) is -4.85. The predicted molar refractivity (Wildman–Crippen MR) is 162 cm³/mol. The van der Waals surface area contributed by atoms with Crippen LogP contribution in [0, 0.1) is 12.7 Å². The van der Waals surface area contributed by atoms with Crippen molar-refractivity contribution in [2.45, 2.75) is 38.8 Å². The van der Waals surface area contributed by atoms with Crippen LogP contribution in [0.15, 0.2) is 82.4 Å². The zero-order chi connectivity index (χ0) is 31.6. The Morgan fingerprint density at radius 3 is 2.16 bits per heavy atom. The number of hydrogen-bond donors (Lipinski definition) is 2. The highest BCUT2D eigenvalue weighted by Crippen LogP contribution is 2.33. The van der Waals surface area contributed by atoms with Crippen molar-refractivity contribution in [2.75, 3.05) is 36.8 Å². The fourth-order valence-electron chi connectivity index (χ4n) is 5.69. The van der Waals surface area contributed by atoms with Gasteiger partial charge in [-0.25, -0.2) is 9.18 Å². The lowest BCUT2D eigenvalue weighted by molar-refractivity contribution is -0.138. The van der Waals surface area contributed by atoms with Crippen LogP contribution in [0.5, 0.6) is 0 Å². The monoisotopic (exact) mass is 610 g/mol. The number of piperazine rings is 1. The number of anilines is 2. The number of rotatable bonds is 8. The Morgan fingerprint density at radius 2 is 1.50 bits per heavy atom. The molecule has 44 heavy (non-hydrogen) atoms. The Balaban J connectivity index is 1.54. The lowest BCUT2D eigenvalue weighted by atomic mass is 10.1. The molecule has 5 rings (SSSR count). The van der Waals surface area contributed by atoms with E-state index in [1.165, 1.54) is 6.92 Å². The zero-order valence-corrected chi connectivity index (χ0v) is 24.2. The topological polar surface area (TPSA) is 103 Å². The molecule has 4 aromatic rings. The largest absolute Gasteiger partial charge is 0.416 e. The molecule has 0 bridgehead atoms. The smallest absolute Gasteiger partial charge is 0.398 e. The molecule has 3 aromatic carbocycles. The number of aromatic nitrogens is 2. The van der Waals surface area contributed by atoms with Gasteiger partial charge in [-0.15, -0.1) is 0 Å². The molecule has 1 unspecified atom stereocenters. The van der Waals surface area contributed by atoms with E-state index in [0.717, 1.165) is 32.9 Å². The van der Waals surface area contributed by atoms with Crippen molar-refractivity contribution in [3.63, 3.8) is 0 Å². The summed E-state index contributed by atoms with van der Waals surface area (Å²) in [6, 6.07) is 18.4. The summed E-state index contributed by atoms with van der Waals surface area (Å²) in [5, 5.41) is 0. The number of halogens is 4. The Bertz CT molecular complexity index is 1740. The lowest BCUT2D eigenvalue weighted by Gasteiger charge is -2.37. The molecule has 232 valence electrons. The number of nitrogens with two attached hydrogens (primary N) is 2. The van der Waals surface area contributed by atoms with Crippen LogP contribution in [-0.2, 0) is 25.8 Å². The summed E-state index contributed by atoms with van der Waals surface area (Å²) in [7, 11) is 0. The normalized spacial score (nSPS) is 15.0. The van der Waals surface area contributed by atoms with Gasteiger partial charge in [0.15, 0.2) is 0 Å². The van der Waals surface area contributed by atoms with Crippen LogP contribution >= 0.6 is 0 Å². The summed E-state index contributed by atoms with van der Waals surface area (Å²) >= 11 is 0. The van der Waals surface area contributed by atoms with E-state index in [9.17, 15) is 27.2 Å². The van der Waals surface area contributed by atoms with Gasteiger partial charge in [0.25, 0.3) is 5.56 Å². The molecule has 0 aliphatic carbocycles. The molecule has 1 aliphatic rings. The molecule has 12 heteroatoms. The molecule has 8 nitrogen and oxygen atoms in total. The average Bonchev–Trinajstić information content (AvgIpc) is 3.00. The zero-order valence-electron chi connectivity index (χ0n) is 24.2. The second kappa shape index (κ2) is 12.7. The average molecular weight is 611 g/mol. The first kappa shape index (κ1) is 31.0. The maximum Gasteiger partial charge on any atom is 0.416 e. The molecule has 4 N–H and O–H groups in total. The van der Waals surface area contributed by atoms with Crippen molar-refractivity contribution in [1.29, 1.82) is 0 Å². The second-order valence-corrected chi connectivity index (χ2v) is 11.0. The maximum atomic E-state index is 14.9. The fourth-order valence-corrected chi connectivity index (χ4v) is 5.69. The Kier molecular flexibility index (Phi) is 8.93. The van der Waals surface area contributed by atoms with E-state index in [2.05, 4.69) is 4.90 Å². The van der Waals surface area contributed by atoms with Gasteiger partial charge in [0.05, 0.1) is 18.7 Å². The fraction of sp³-hybridized carbons (Fsp3) is 0.312.